The minimum Gasteiger partial charge on any atom is -0.325 e. The Morgan fingerprint density at radius 3 is 2.73 bits per heavy atom. The van der Waals surface area contributed by atoms with Crippen molar-refractivity contribution in [2.24, 2.45) is 5.92 Å². The first-order valence-corrected chi connectivity index (χ1v) is 6.47. The fourth-order valence-corrected chi connectivity index (χ4v) is 2.21. The summed E-state index contributed by atoms with van der Waals surface area (Å²) in [6.45, 7) is 0. The summed E-state index contributed by atoms with van der Waals surface area (Å²) in [6, 6.07) is 7.93. The Morgan fingerprint density at radius 2 is 2.13 bits per heavy atom. The first-order chi connectivity index (χ1) is 7.31. The summed E-state index contributed by atoms with van der Waals surface area (Å²) in [7, 11) is 0. The number of carbonyl (C=O) groups excluding carboxylic acids is 1. The molecule has 0 heterocycles. The van der Waals surface area contributed by atoms with Crippen LogP contribution in [-0.2, 0) is 4.79 Å². The minimum absolute atomic E-state index is 0.183. The summed E-state index contributed by atoms with van der Waals surface area (Å²) >= 11 is 1.66. The third-order valence-corrected chi connectivity index (χ3v) is 3.64. The van der Waals surface area contributed by atoms with Gasteiger partial charge in [-0.1, -0.05) is 18.6 Å². The summed E-state index contributed by atoms with van der Waals surface area (Å²) in [4.78, 5) is 12.9. The van der Waals surface area contributed by atoms with E-state index in [4.69, 9.17) is 0 Å². The SMILES string of the molecule is CSc1ccccc1NC(=O)C1CCC1. The van der Waals surface area contributed by atoms with Crippen molar-refractivity contribution in [3.8, 4) is 0 Å². The van der Waals surface area contributed by atoms with Crippen LogP contribution < -0.4 is 5.32 Å². The first-order valence-electron chi connectivity index (χ1n) is 5.25. The van der Waals surface area contributed by atoms with Gasteiger partial charge in [-0.2, -0.15) is 0 Å². The van der Waals surface area contributed by atoms with Gasteiger partial charge in [0.2, 0.25) is 5.91 Å². The molecule has 0 unspecified atom stereocenters. The van der Waals surface area contributed by atoms with Gasteiger partial charge >= 0.3 is 0 Å². The molecule has 0 saturated heterocycles. The number of benzene rings is 1. The molecule has 15 heavy (non-hydrogen) atoms. The quantitative estimate of drug-likeness (QED) is 0.794. The lowest BCUT2D eigenvalue weighted by Crippen LogP contribution is -2.28. The number of rotatable bonds is 3. The Kier molecular flexibility index (Phi) is 3.31. The van der Waals surface area contributed by atoms with E-state index in [2.05, 4.69) is 5.32 Å². The van der Waals surface area contributed by atoms with E-state index in [0.29, 0.717) is 0 Å². The molecular formula is C12H15NOS. The first kappa shape index (κ1) is 10.6. The Morgan fingerprint density at radius 1 is 1.40 bits per heavy atom. The van der Waals surface area contributed by atoms with Crippen LogP contribution in [0, 0.1) is 5.92 Å². The van der Waals surface area contributed by atoms with Gasteiger partial charge in [0.1, 0.15) is 0 Å². The lowest BCUT2D eigenvalue weighted by Gasteiger charge is -2.24. The summed E-state index contributed by atoms with van der Waals surface area (Å²) in [5, 5.41) is 3.00. The highest BCUT2D eigenvalue weighted by Crippen LogP contribution is 2.30. The molecule has 3 heteroatoms. The monoisotopic (exact) mass is 221 g/mol. The largest absolute Gasteiger partial charge is 0.325 e. The molecule has 0 spiro atoms. The average molecular weight is 221 g/mol. The van der Waals surface area contributed by atoms with E-state index in [1.807, 2.05) is 30.5 Å². The van der Waals surface area contributed by atoms with E-state index in [-0.39, 0.29) is 11.8 Å². The average Bonchev–Trinajstić information content (AvgIpc) is 2.15. The van der Waals surface area contributed by atoms with Crippen molar-refractivity contribution in [3.05, 3.63) is 24.3 Å². The van der Waals surface area contributed by atoms with E-state index >= 15 is 0 Å². The molecule has 1 aromatic carbocycles. The molecule has 1 aliphatic carbocycles. The highest BCUT2D eigenvalue weighted by atomic mass is 32.2. The van der Waals surface area contributed by atoms with Crippen molar-refractivity contribution < 1.29 is 4.79 Å². The molecule has 0 bridgehead atoms. The number of anilines is 1. The van der Waals surface area contributed by atoms with Gasteiger partial charge in [0.05, 0.1) is 5.69 Å². The molecule has 0 radical (unpaired) electrons. The minimum atomic E-state index is 0.183. The summed E-state index contributed by atoms with van der Waals surface area (Å²) in [6.07, 6.45) is 5.32. The number of carbonyl (C=O) groups is 1. The predicted molar refractivity (Wildman–Crippen MR) is 64.2 cm³/mol. The van der Waals surface area contributed by atoms with Gasteiger partial charge in [0.25, 0.3) is 0 Å². The summed E-state index contributed by atoms with van der Waals surface area (Å²) in [5.41, 5.74) is 0.946. The van der Waals surface area contributed by atoms with E-state index < -0.39 is 0 Å². The van der Waals surface area contributed by atoms with Crippen molar-refractivity contribution >= 4 is 23.4 Å². The molecule has 1 aromatic rings. The summed E-state index contributed by atoms with van der Waals surface area (Å²) in [5.74, 6) is 0.433. The maximum Gasteiger partial charge on any atom is 0.227 e. The van der Waals surface area contributed by atoms with Crippen LogP contribution >= 0.6 is 11.8 Å². The molecule has 1 N–H and O–H groups in total. The van der Waals surface area contributed by atoms with Crippen LogP contribution in [0.4, 0.5) is 5.69 Å². The molecule has 1 fully saturated rings. The highest BCUT2D eigenvalue weighted by Gasteiger charge is 2.25. The molecule has 1 aliphatic rings. The van der Waals surface area contributed by atoms with Crippen molar-refractivity contribution in [2.75, 3.05) is 11.6 Å². The van der Waals surface area contributed by atoms with Crippen LogP contribution in [0.1, 0.15) is 19.3 Å². The Labute approximate surface area is 94.4 Å². The number of amides is 1. The van der Waals surface area contributed by atoms with E-state index in [1.54, 1.807) is 11.8 Å². The lowest BCUT2D eigenvalue weighted by molar-refractivity contribution is -0.122. The Hall–Kier alpha value is -0.960. The zero-order valence-electron chi connectivity index (χ0n) is 8.82. The Bertz CT molecular complexity index is 360. The van der Waals surface area contributed by atoms with E-state index in [9.17, 15) is 4.79 Å². The number of hydrogen-bond acceptors (Lipinski definition) is 2. The van der Waals surface area contributed by atoms with Crippen LogP contribution in [-0.4, -0.2) is 12.2 Å². The van der Waals surface area contributed by atoms with Gasteiger partial charge in [-0.3, -0.25) is 4.79 Å². The molecule has 1 amide bonds. The van der Waals surface area contributed by atoms with Crippen molar-refractivity contribution in [2.45, 2.75) is 24.2 Å². The van der Waals surface area contributed by atoms with Crippen molar-refractivity contribution in [3.63, 3.8) is 0 Å². The van der Waals surface area contributed by atoms with Gasteiger partial charge in [0, 0.05) is 10.8 Å². The summed E-state index contributed by atoms with van der Waals surface area (Å²) < 4.78 is 0. The molecule has 0 aliphatic heterocycles. The zero-order valence-corrected chi connectivity index (χ0v) is 9.64. The topological polar surface area (TPSA) is 29.1 Å². The van der Waals surface area contributed by atoms with Crippen LogP contribution in [0.25, 0.3) is 0 Å². The number of thioether (sulfide) groups is 1. The van der Waals surface area contributed by atoms with Gasteiger partial charge in [-0.15, -0.1) is 11.8 Å². The molecule has 2 rings (SSSR count). The fourth-order valence-electron chi connectivity index (χ4n) is 1.65. The zero-order chi connectivity index (χ0) is 10.7. The second-order valence-electron chi connectivity index (χ2n) is 3.82. The number of hydrogen-bond donors (Lipinski definition) is 1. The molecule has 0 aromatic heterocycles. The highest BCUT2D eigenvalue weighted by molar-refractivity contribution is 7.98. The van der Waals surface area contributed by atoms with Gasteiger partial charge in [-0.25, -0.2) is 0 Å². The van der Waals surface area contributed by atoms with Gasteiger partial charge in [-0.05, 0) is 31.2 Å². The number of nitrogens with one attached hydrogen (secondary N) is 1. The third kappa shape index (κ3) is 2.34. The predicted octanol–water partition coefficient (Wildman–Crippen LogP) is 3.15. The fraction of sp³-hybridized carbons (Fsp3) is 0.417. The molecular weight excluding hydrogens is 206 g/mol. The normalized spacial score (nSPS) is 15.8. The van der Waals surface area contributed by atoms with E-state index in [0.717, 1.165) is 23.4 Å². The van der Waals surface area contributed by atoms with Crippen LogP contribution in [0.15, 0.2) is 29.2 Å². The van der Waals surface area contributed by atoms with Gasteiger partial charge < -0.3 is 5.32 Å². The van der Waals surface area contributed by atoms with Crippen molar-refractivity contribution in [1.82, 2.24) is 0 Å². The molecule has 80 valence electrons. The standard InChI is InChI=1S/C12H15NOS/c1-15-11-8-3-2-7-10(11)13-12(14)9-5-4-6-9/h2-3,7-9H,4-6H2,1H3,(H,13,14). The maximum absolute atomic E-state index is 11.7. The molecule has 0 atom stereocenters. The van der Waals surface area contributed by atoms with Crippen LogP contribution in [0.5, 0.6) is 0 Å². The van der Waals surface area contributed by atoms with Crippen LogP contribution in [0.3, 0.4) is 0 Å². The van der Waals surface area contributed by atoms with Gasteiger partial charge in [0.15, 0.2) is 0 Å². The maximum atomic E-state index is 11.7. The van der Waals surface area contributed by atoms with Crippen LogP contribution in [0.2, 0.25) is 0 Å². The second-order valence-corrected chi connectivity index (χ2v) is 4.67. The molecule has 1 saturated carbocycles. The van der Waals surface area contributed by atoms with Crippen molar-refractivity contribution in [1.29, 1.82) is 0 Å². The Balaban J connectivity index is 2.05. The number of para-hydroxylation sites is 1. The lowest BCUT2D eigenvalue weighted by atomic mass is 9.85. The van der Waals surface area contributed by atoms with E-state index in [1.165, 1.54) is 6.42 Å². The smallest absolute Gasteiger partial charge is 0.227 e. The third-order valence-electron chi connectivity index (χ3n) is 2.84. The molecule has 2 nitrogen and oxygen atoms in total. The second kappa shape index (κ2) is 4.71.